The van der Waals surface area contributed by atoms with Crippen LogP contribution < -0.4 is 0 Å². The van der Waals surface area contributed by atoms with Crippen LogP contribution in [0.4, 0.5) is 0 Å². The molecule has 0 radical (unpaired) electrons. The van der Waals surface area contributed by atoms with Crippen molar-refractivity contribution in [1.29, 1.82) is 0 Å². The summed E-state index contributed by atoms with van der Waals surface area (Å²) in [5.74, 6) is 1.23. The minimum atomic E-state index is -3.40. The summed E-state index contributed by atoms with van der Waals surface area (Å²) >= 11 is 0. The highest BCUT2D eigenvalue weighted by Crippen LogP contribution is 2.44. The zero-order valence-corrected chi connectivity index (χ0v) is 15.3. The topological polar surface area (TPSA) is 37.4 Å². The molecule has 0 amide bonds. The Morgan fingerprint density at radius 1 is 1.04 bits per heavy atom. The van der Waals surface area contributed by atoms with Gasteiger partial charge < -0.3 is 0 Å². The van der Waals surface area contributed by atoms with E-state index in [9.17, 15) is 8.42 Å². The lowest BCUT2D eigenvalue weighted by atomic mass is 9.70. The second-order valence-corrected chi connectivity index (χ2v) is 9.63. The van der Waals surface area contributed by atoms with E-state index in [2.05, 4.69) is 6.08 Å². The molecule has 1 heterocycles. The zero-order valence-electron chi connectivity index (χ0n) is 14.4. The second-order valence-electron chi connectivity index (χ2n) is 7.74. The fourth-order valence-electron chi connectivity index (χ4n) is 4.85. The normalized spacial score (nSPS) is 31.0. The van der Waals surface area contributed by atoms with E-state index in [1.807, 2.05) is 19.1 Å². The average molecular weight is 346 g/mol. The quantitative estimate of drug-likeness (QED) is 0.750. The van der Waals surface area contributed by atoms with Gasteiger partial charge >= 0.3 is 0 Å². The Labute approximate surface area is 145 Å². The zero-order chi connectivity index (χ0) is 16.7. The van der Waals surface area contributed by atoms with Crippen molar-refractivity contribution in [2.75, 3.05) is 6.54 Å². The first-order chi connectivity index (χ1) is 11.6. The van der Waals surface area contributed by atoms with Crippen LogP contribution in [0.15, 0.2) is 40.8 Å². The first-order valence-corrected chi connectivity index (χ1v) is 10.8. The molecule has 1 aromatic carbocycles. The van der Waals surface area contributed by atoms with Gasteiger partial charge in [-0.05, 0) is 69.4 Å². The van der Waals surface area contributed by atoms with Gasteiger partial charge in [-0.3, -0.25) is 0 Å². The molecular formula is C20H27NO2S. The first-order valence-electron chi connectivity index (χ1n) is 9.35. The van der Waals surface area contributed by atoms with E-state index in [1.165, 1.54) is 44.1 Å². The Kier molecular flexibility index (Phi) is 4.29. The highest BCUT2D eigenvalue weighted by atomic mass is 32.2. The van der Waals surface area contributed by atoms with E-state index in [-0.39, 0.29) is 6.04 Å². The molecule has 0 spiro atoms. The van der Waals surface area contributed by atoms with Crippen LogP contribution in [0.2, 0.25) is 0 Å². The Hall–Kier alpha value is -1.13. The number of fused-ring (bicyclic) bond motifs is 2. The molecule has 1 saturated heterocycles. The van der Waals surface area contributed by atoms with Crippen molar-refractivity contribution < 1.29 is 8.42 Å². The summed E-state index contributed by atoms with van der Waals surface area (Å²) in [6.45, 7) is 2.65. The Balaban J connectivity index is 1.68. The summed E-state index contributed by atoms with van der Waals surface area (Å²) in [6.07, 6.45) is 10.8. The minimum absolute atomic E-state index is 0.0782. The highest BCUT2D eigenvalue weighted by molar-refractivity contribution is 7.89. The van der Waals surface area contributed by atoms with Gasteiger partial charge in [-0.1, -0.05) is 35.8 Å². The van der Waals surface area contributed by atoms with Crippen molar-refractivity contribution >= 4 is 10.0 Å². The van der Waals surface area contributed by atoms with Gasteiger partial charge in [0, 0.05) is 12.6 Å². The Morgan fingerprint density at radius 3 is 2.62 bits per heavy atom. The number of allylic oxidation sites excluding steroid dienone is 1. The van der Waals surface area contributed by atoms with Crippen LogP contribution in [0.3, 0.4) is 0 Å². The van der Waals surface area contributed by atoms with E-state index in [0.29, 0.717) is 17.4 Å². The third-order valence-electron chi connectivity index (χ3n) is 6.16. The summed E-state index contributed by atoms with van der Waals surface area (Å²) in [6, 6.07) is 7.38. The number of nitrogens with zero attached hydrogens (tertiary/aromatic N) is 1. The number of hydrogen-bond donors (Lipinski definition) is 0. The van der Waals surface area contributed by atoms with Gasteiger partial charge in [0.25, 0.3) is 0 Å². The number of sulfonamides is 1. The lowest BCUT2D eigenvalue weighted by Gasteiger charge is -2.45. The van der Waals surface area contributed by atoms with Gasteiger partial charge in [0.1, 0.15) is 0 Å². The third kappa shape index (κ3) is 2.84. The van der Waals surface area contributed by atoms with Crippen LogP contribution >= 0.6 is 0 Å². The molecule has 1 saturated carbocycles. The van der Waals surface area contributed by atoms with E-state index >= 15 is 0 Å². The standard InChI is InChI=1S/C20H27NO2S/c1-15-8-10-19(11-9-15)24(22,23)21-12-4-7-18-13-16-5-2-3-6-17(16)14-20(18)21/h8-11,14,16,18,20H,2-7,12-13H2,1H3/t16-,18+,20-/m0/s1. The Morgan fingerprint density at radius 2 is 1.83 bits per heavy atom. The average Bonchev–Trinajstić information content (AvgIpc) is 2.59. The summed E-state index contributed by atoms with van der Waals surface area (Å²) in [7, 11) is -3.40. The van der Waals surface area contributed by atoms with Gasteiger partial charge in [0.2, 0.25) is 10.0 Å². The molecule has 24 heavy (non-hydrogen) atoms. The lowest BCUT2D eigenvalue weighted by molar-refractivity contribution is 0.164. The van der Waals surface area contributed by atoms with Crippen molar-refractivity contribution in [2.45, 2.75) is 62.8 Å². The fraction of sp³-hybridized carbons (Fsp3) is 0.600. The molecule has 0 unspecified atom stereocenters. The molecule has 0 aromatic heterocycles. The van der Waals surface area contributed by atoms with Crippen molar-refractivity contribution in [3.63, 3.8) is 0 Å². The molecular weight excluding hydrogens is 318 g/mol. The maximum Gasteiger partial charge on any atom is 0.243 e. The van der Waals surface area contributed by atoms with Crippen LogP contribution in [0.1, 0.15) is 50.5 Å². The summed E-state index contributed by atoms with van der Waals surface area (Å²) in [5.41, 5.74) is 2.63. The molecule has 4 heteroatoms. The van der Waals surface area contributed by atoms with Gasteiger partial charge in [-0.25, -0.2) is 8.42 Å². The number of piperidine rings is 1. The van der Waals surface area contributed by atoms with Crippen molar-refractivity contribution in [3.8, 4) is 0 Å². The van der Waals surface area contributed by atoms with Crippen LogP contribution in [-0.4, -0.2) is 25.3 Å². The van der Waals surface area contributed by atoms with Gasteiger partial charge in [-0.15, -0.1) is 0 Å². The monoisotopic (exact) mass is 345 g/mol. The molecule has 3 nitrogen and oxygen atoms in total. The van der Waals surface area contributed by atoms with Crippen LogP contribution in [-0.2, 0) is 10.0 Å². The molecule has 1 aromatic rings. The van der Waals surface area contributed by atoms with Crippen molar-refractivity contribution in [2.24, 2.45) is 11.8 Å². The maximum absolute atomic E-state index is 13.2. The SMILES string of the molecule is Cc1ccc(S(=O)(=O)N2CCC[C@@H]3C[C@@H]4CCCCC4=C[C@@H]32)cc1. The molecule has 3 atom stereocenters. The summed E-state index contributed by atoms with van der Waals surface area (Å²) in [5, 5.41) is 0. The molecule has 0 N–H and O–H groups in total. The van der Waals surface area contributed by atoms with Crippen LogP contribution in [0.5, 0.6) is 0 Å². The van der Waals surface area contributed by atoms with Crippen molar-refractivity contribution in [3.05, 3.63) is 41.5 Å². The van der Waals surface area contributed by atoms with Gasteiger partial charge in [0.15, 0.2) is 0 Å². The third-order valence-corrected chi connectivity index (χ3v) is 8.07. The summed E-state index contributed by atoms with van der Waals surface area (Å²) in [4.78, 5) is 0.443. The second kappa shape index (κ2) is 6.30. The molecule has 3 aliphatic rings. The molecule has 130 valence electrons. The molecule has 1 aliphatic heterocycles. The van der Waals surface area contributed by atoms with Crippen molar-refractivity contribution in [1.82, 2.24) is 4.31 Å². The minimum Gasteiger partial charge on any atom is -0.207 e. The predicted octanol–water partition coefficient (Wildman–Crippen LogP) is 4.28. The van der Waals surface area contributed by atoms with Gasteiger partial charge in [0.05, 0.1) is 4.90 Å². The van der Waals surface area contributed by atoms with E-state index in [1.54, 1.807) is 16.4 Å². The smallest absolute Gasteiger partial charge is 0.207 e. The van der Waals surface area contributed by atoms with Crippen LogP contribution in [0.25, 0.3) is 0 Å². The Bertz CT molecular complexity index is 735. The van der Waals surface area contributed by atoms with E-state index < -0.39 is 10.0 Å². The molecule has 0 bridgehead atoms. The summed E-state index contributed by atoms with van der Waals surface area (Å²) < 4.78 is 28.2. The largest absolute Gasteiger partial charge is 0.243 e. The number of benzene rings is 1. The first kappa shape index (κ1) is 16.3. The number of rotatable bonds is 2. The molecule has 4 rings (SSSR count). The fourth-order valence-corrected chi connectivity index (χ4v) is 6.52. The molecule has 2 aliphatic carbocycles. The van der Waals surface area contributed by atoms with E-state index in [0.717, 1.165) is 17.9 Å². The maximum atomic E-state index is 13.2. The number of aryl methyl sites for hydroxylation is 1. The van der Waals surface area contributed by atoms with E-state index in [4.69, 9.17) is 0 Å². The number of hydrogen-bond acceptors (Lipinski definition) is 2. The van der Waals surface area contributed by atoms with Crippen LogP contribution in [0, 0.1) is 18.8 Å². The highest BCUT2D eigenvalue weighted by Gasteiger charge is 2.42. The molecule has 2 fully saturated rings. The van der Waals surface area contributed by atoms with Gasteiger partial charge in [-0.2, -0.15) is 4.31 Å². The predicted molar refractivity (Wildman–Crippen MR) is 96.2 cm³/mol. The lowest BCUT2D eigenvalue weighted by Crippen LogP contribution is -2.49.